The molecule has 0 aliphatic heterocycles. The molecule has 0 aliphatic rings. The third kappa shape index (κ3) is 2.82. The minimum Gasteiger partial charge on any atom is -0.264 e. The Morgan fingerprint density at radius 2 is 1.45 bits per heavy atom. The summed E-state index contributed by atoms with van der Waals surface area (Å²) < 4.78 is 0. The molecule has 0 aliphatic carbocycles. The van der Waals surface area contributed by atoms with Gasteiger partial charge in [-0.15, -0.1) is 0 Å². The van der Waals surface area contributed by atoms with E-state index in [1.807, 2.05) is 30.3 Å². The second-order valence-electron chi connectivity index (χ2n) is 4.73. The fraction of sp³-hybridized carbons (Fsp3) is 0. The van der Waals surface area contributed by atoms with E-state index in [9.17, 15) is 10.1 Å². The van der Waals surface area contributed by atoms with Gasteiger partial charge in [0.05, 0.1) is 4.92 Å². The van der Waals surface area contributed by atoms with Crippen molar-refractivity contribution in [2.45, 2.75) is 0 Å². The molecule has 1 heterocycles. The molecule has 0 unspecified atom stereocenters. The van der Waals surface area contributed by atoms with Gasteiger partial charge < -0.3 is 0 Å². The van der Waals surface area contributed by atoms with Crippen LogP contribution in [-0.4, -0.2) is 9.91 Å². The Hall–Kier alpha value is -2.72. The van der Waals surface area contributed by atoms with Crippen LogP contribution < -0.4 is 0 Å². The highest BCUT2D eigenvalue weighted by Gasteiger charge is 2.10. The van der Waals surface area contributed by atoms with Crippen LogP contribution in [0.1, 0.15) is 0 Å². The second kappa shape index (κ2) is 5.95. The zero-order valence-corrected chi connectivity index (χ0v) is 12.2. The third-order valence-electron chi connectivity index (χ3n) is 3.37. The van der Waals surface area contributed by atoms with Gasteiger partial charge in [0.2, 0.25) is 0 Å². The molecule has 0 saturated heterocycles. The molecule has 0 spiro atoms. The third-order valence-corrected chi connectivity index (χ3v) is 3.62. The first-order valence-corrected chi connectivity index (χ1v) is 6.98. The maximum Gasteiger partial charge on any atom is 0.269 e. The van der Waals surface area contributed by atoms with E-state index in [-0.39, 0.29) is 5.69 Å². The Balaban J connectivity index is 2.08. The molecule has 0 amide bonds. The Labute approximate surface area is 132 Å². The van der Waals surface area contributed by atoms with Crippen molar-refractivity contribution in [2.75, 3.05) is 0 Å². The van der Waals surface area contributed by atoms with Crippen LogP contribution in [-0.2, 0) is 0 Å². The summed E-state index contributed by atoms with van der Waals surface area (Å²) >= 11 is 5.92. The molecular weight excluding hydrogens is 300 g/mol. The largest absolute Gasteiger partial charge is 0.269 e. The number of halogens is 1. The molecule has 5 heteroatoms. The number of rotatable bonds is 3. The molecular formula is C17H11ClN2O2. The number of benzene rings is 2. The van der Waals surface area contributed by atoms with Gasteiger partial charge in [0.25, 0.3) is 5.69 Å². The smallest absolute Gasteiger partial charge is 0.264 e. The Morgan fingerprint density at radius 1 is 0.864 bits per heavy atom. The molecule has 0 atom stereocenters. The van der Waals surface area contributed by atoms with Gasteiger partial charge in [-0.3, -0.25) is 15.1 Å². The monoisotopic (exact) mass is 310 g/mol. The van der Waals surface area contributed by atoms with Crippen LogP contribution in [0.4, 0.5) is 5.69 Å². The molecule has 0 N–H and O–H groups in total. The lowest BCUT2D eigenvalue weighted by Crippen LogP contribution is -1.89. The van der Waals surface area contributed by atoms with E-state index in [1.54, 1.807) is 24.5 Å². The van der Waals surface area contributed by atoms with E-state index in [2.05, 4.69) is 4.98 Å². The molecule has 2 aromatic carbocycles. The summed E-state index contributed by atoms with van der Waals surface area (Å²) in [6.07, 6.45) is 3.48. The molecule has 0 fully saturated rings. The summed E-state index contributed by atoms with van der Waals surface area (Å²) in [6.45, 7) is 0. The van der Waals surface area contributed by atoms with Gasteiger partial charge in [0, 0.05) is 35.1 Å². The molecule has 1 aromatic heterocycles. The van der Waals surface area contributed by atoms with Crippen molar-refractivity contribution in [3.63, 3.8) is 0 Å². The van der Waals surface area contributed by atoms with Crippen molar-refractivity contribution in [3.05, 3.63) is 82.1 Å². The highest BCUT2D eigenvalue weighted by Crippen LogP contribution is 2.32. The van der Waals surface area contributed by atoms with Crippen molar-refractivity contribution in [2.24, 2.45) is 0 Å². The van der Waals surface area contributed by atoms with Gasteiger partial charge in [-0.1, -0.05) is 23.7 Å². The number of nitro groups is 1. The maximum atomic E-state index is 10.8. The van der Waals surface area contributed by atoms with Crippen molar-refractivity contribution in [3.8, 4) is 22.3 Å². The molecule has 3 aromatic rings. The standard InChI is InChI=1S/C17H11ClN2O2/c18-14-5-1-13(2-6-14)17-11-19-10-9-16(17)12-3-7-15(8-4-12)20(21)22/h1-11H. The Bertz CT molecular complexity index is 815. The average Bonchev–Trinajstić information content (AvgIpc) is 2.56. The van der Waals surface area contributed by atoms with Gasteiger partial charge in [-0.25, -0.2) is 0 Å². The number of hydrogen-bond acceptors (Lipinski definition) is 3. The van der Waals surface area contributed by atoms with Gasteiger partial charge in [0.15, 0.2) is 0 Å². The van der Waals surface area contributed by atoms with Gasteiger partial charge in [0.1, 0.15) is 0 Å². The van der Waals surface area contributed by atoms with Crippen LogP contribution in [0.15, 0.2) is 67.0 Å². The predicted octanol–water partition coefficient (Wildman–Crippen LogP) is 4.98. The number of pyridine rings is 1. The minimum absolute atomic E-state index is 0.0749. The lowest BCUT2D eigenvalue weighted by Gasteiger charge is -2.09. The number of hydrogen-bond donors (Lipinski definition) is 0. The second-order valence-corrected chi connectivity index (χ2v) is 5.17. The zero-order valence-electron chi connectivity index (χ0n) is 11.4. The minimum atomic E-state index is -0.406. The molecule has 0 saturated carbocycles. The number of nitrogens with zero attached hydrogens (tertiary/aromatic N) is 2. The molecule has 0 radical (unpaired) electrons. The molecule has 108 valence electrons. The van der Waals surface area contributed by atoms with Crippen LogP contribution in [0.5, 0.6) is 0 Å². The molecule has 0 bridgehead atoms. The SMILES string of the molecule is O=[N+]([O-])c1ccc(-c2ccncc2-c2ccc(Cl)cc2)cc1. The van der Waals surface area contributed by atoms with Crippen LogP contribution >= 0.6 is 11.6 Å². The van der Waals surface area contributed by atoms with E-state index in [0.29, 0.717) is 5.02 Å². The summed E-state index contributed by atoms with van der Waals surface area (Å²) in [7, 11) is 0. The van der Waals surface area contributed by atoms with Crippen LogP contribution in [0, 0.1) is 10.1 Å². The maximum absolute atomic E-state index is 10.8. The van der Waals surface area contributed by atoms with E-state index in [0.717, 1.165) is 22.3 Å². The Kier molecular flexibility index (Phi) is 3.85. The van der Waals surface area contributed by atoms with Crippen LogP contribution in [0.2, 0.25) is 5.02 Å². The van der Waals surface area contributed by atoms with Crippen molar-refractivity contribution < 1.29 is 4.92 Å². The summed E-state index contributed by atoms with van der Waals surface area (Å²) in [5.74, 6) is 0. The number of aromatic nitrogens is 1. The predicted molar refractivity (Wildman–Crippen MR) is 86.8 cm³/mol. The topological polar surface area (TPSA) is 56.0 Å². The summed E-state index contributed by atoms with van der Waals surface area (Å²) in [6, 6.07) is 15.9. The normalized spacial score (nSPS) is 10.4. The Morgan fingerprint density at radius 3 is 2.09 bits per heavy atom. The highest BCUT2D eigenvalue weighted by molar-refractivity contribution is 6.30. The molecule has 4 nitrogen and oxygen atoms in total. The fourth-order valence-corrected chi connectivity index (χ4v) is 2.39. The fourth-order valence-electron chi connectivity index (χ4n) is 2.27. The van der Waals surface area contributed by atoms with Crippen molar-refractivity contribution >= 4 is 17.3 Å². The first-order valence-electron chi connectivity index (χ1n) is 6.60. The van der Waals surface area contributed by atoms with Gasteiger partial charge in [-0.2, -0.15) is 0 Å². The lowest BCUT2D eigenvalue weighted by molar-refractivity contribution is -0.384. The average molecular weight is 311 g/mol. The van der Waals surface area contributed by atoms with Gasteiger partial charge in [-0.05, 0) is 47.0 Å². The van der Waals surface area contributed by atoms with Crippen LogP contribution in [0.3, 0.4) is 0 Å². The van der Waals surface area contributed by atoms with E-state index in [1.165, 1.54) is 12.1 Å². The molecule has 3 rings (SSSR count). The van der Waals surface area contributed by atoms with Crippen molar-refractivity contribution in [1.29, 1.82) is 0 Å². The zero-order chi connectivity index (χ0) is 15.5. The number of non-ortho nitro benzene ring substituents is 1. The van der Waals surface area contributed by atoms with Crippen molar-refractivity contribution in [1.82, 2.24) is 4.98 Å². The number of nitro benzene ring substituents is 1. The first-order chi connectivity index (χ1) is 10.6. The summed E-state index contributed by atoms with van der Waals surface area (Å²) in [5.41, 5.74) is 3.88. The summed E-state index contributed by atoms with van der Waals surface area (Å²) in [5, 5.41) is 11.4. The summed E-state index contributed by atoms with van der Waals surface area (Å²) in [4.78, 5) is 14.5. The lowest BCUT2D eigenvalue weighted by atomic mass is 9.96. The van der Waals surface area contributed by atoms with E-state index >= 15 is 0 Å². The first kappa shape index (κ1) is 14.2. The van der Waals surface area contributed by atoms with Crippen LogP contribution in [0.25, 0.3) is 22.3 Å². The van der Waals surface area contributed by atoms with Gasteiger partial charge >= 0.3 is 0 Å². The highest BCUT2D eigenvalue weighted by atomic mass is 35.5. The van der Waals surface area contributed by atoms with E-state index in [4.69, 9.17) is 11.6 Å². The molecule has 22 heavy (non-hydrogen) atoms. The quantitative estimate of drug-likeness (QED) is 0.506. The van der Waals surface area contributed by atoms with E-state index < -0.39 is 4.92 Å².